The second-order valence-electron chi connectivity index (χ2n) is 5.78. The fourth-order valence-corrected chi connectivity index (χ4v) is 4.68. The lowest BCUT2D eigenvalue weighted by molar-refractivity contribution is 0.0404. The summed E-state index contributed by atoms with van der Waals surface area (Å²) in [6.07, 6.45) is 1.88. The molecule has 0 radical (unpaired) electrons. The van der Waals surface area contributed by atoms with E-state index in [0.29, 0.717) is 29.6 Å². The van der Waals surface area contributed by atoms with E-state index < -0.39 is 12.2 Å². The Bertz CT molecular complexity index is 905. The number of thioether (sulfide) groups is 1. The molecule has 0 spiro atoms. The molecule has 1 aliphatic rings. The molecule has 3 atom stereocenters. The van der Waals surface area contributed by atoms with Crippen LogP contribution in [-0.4, -0.2) is 47.8 Å². The van der Waals surface area contributed by atoms with Crippen LogP contribution in [0.4, 0.5) is 5.82 Å². The van der Waals surface area contributed by atoms with Crippen LogP contribution in [0.5, 0.6) is 0 Å². The molecule has 0 aliphatic carbocycles. The van der Waals surface area contributed by atoms with Crippen LogP contribution in [0.15, 0.2) is 36.7 Å². The number of fused-ring (bicyclic) bond motifs is 1. The van der Waals surface area contributed by atoms with Gasteiger partial charge in [-0.1, -0.05) is 18.2 Å². The number of nitrogens with one attached hydrogen (secondary N) is 1. The maximum absolute atomic E-state index is 10.2. The minimum absolute atomic E-state index is 0.296. The van der Waals surface area contributed by atoms with E-state index in [9.17, 15) is 10.2 Å². The molecule has 1 aromatic carbocycles. The first kappa shape index (κ1) is 17.0. The van der Waals surface area contributed by atoms with Crippen LogP contribution in [0.2, 0.25) is 0 Å². The number of benzene rings is 1. The van der Waals surface area contributed by atoms with Crippen molar-refractivity contribution in [1.82, 2.24) is 19.6 Å². The minimum atomic E-state index is -0.840. The molecule has 2 aromatic heterocycles. The summed E-state index contributed by atoms with van der Waals surface area (Å²) < 4.78 is 3.01. The third-order valence-electron chi connectivity index (χ3n) is 4.16. The summed E-state index contributed by atoms with van der Waals surface area (Å²) >= 11 is 3.79. The highest BCUT2D eigenvalue weighted by atomic mass is 127. The molecule has 1 aliphatic heterocycles. The molecule has 0 amide bonds. The number of aromatic nitrogens is 4. The molecule has 3 N–H and O–H groups in total. The first-order chi connectivity index (χ1) is 12.1. The van der Waals surface area contributed by atoms with Gasteiger partial charge >= 0.3 is 0 Å². The van der Waals surface area contributed by atoms with E-state index in [2.05, 4.69) is 55.2 Å². The summed E-state index contributed by atoms with van der Waals surface area (Å²) in [4.78, 5) is 4.37. The van der Waals surface area contributed by atoms with Gasteiger partial charge < -0.3 is 15.5 Å². The lowest BCUT2D eigenvalue weighted by Crippen LogP contribution is -2.25. The van der Waals surface area contributed by atoms with Crippen LogP contribution in [0.25, 0.3) is 5.65 Å². The van der Waals surface area contributed by atoms with Gasteiger partial charge in [0, 0.05) is 28.3 Å². The predicted molar refractivity (Wildman–Crippen MR) is 104 cm³/mol. The molecule has 0 unspecified atom stereocenters. The molecular formula is C16H16IN5O2S. The van der Waals surface area contributed by atoms with Crippen molar-refractivity contribution in [2.24, 2.45) is 0 Å². The van der Waals surface area contributed by atoms with Crippen molar-refractivity contribution in [2.45, 2.75) is 24.0 Å². The summed E-state index contributed by atoms with van der Waals surface area (Å²) in [5.74, 6) is 1.76. The van der Waals surface area contributed by atoms with Crippen LogP contribution in [0.1, 0.15) is 16.6 Å². The van der Waals surface area contributed by atoms with Crippen LogP contribution in [0, 0.1) is 3.57 Å². The maximum Gasteiger partial charge on any atom is 0.203 e. The van der Waals surface area contributed by atoms with Crippen molar-refractivity contribution >= 4 is 45.8 Å². The second kappa shape index (κ2) is 7.06. The third-order valence-corrected chi connectivity index (χ3v) is 6.60. The Kier molecular flexibility index (Phi) is 4.80. The van der Waals surface area contributed by atoms with Gasteiger partial charge in [-0.3, -0.25) is 4.40 Å². The first-order valence-corrected chi connectivity index (χ1v) is 9.92. The molecule has 3 aromatic rings. The third kappa shape index (κ3) is 3.21. The topological polar surface area (TPSA) is 95.6 Å². The van der Waals surface area contributed by atoms with Gasteiger partial charge in [-0.25, -0.2) is 4.98 Å². The monoisotopic (exact) mass is 469 g/mol. The molecule has 25 heavy (non-hydrogen) atoms. The number of nitrogens with zero attached hydrogens (tertiary/aromatic N) is 4. The Labute approximate surface area is 162 Å². The van der Waals surface area contributed by atoms with Gasteiger partial charge in [0.15, 0.2) is 11.6 Å². The van der Waals surface area contributed by atoms with Crippen molar-refractivity contribution in [2.75, 3.05) is 11.1 Å². The van der Waals surface area contributed by atoms with Crippen molar-refractivity contribution in [3.05, 3.63) is 51.6 Å². The highest BCUT2D eigenvalue weighted by Crippen LogP contribution is 2.39. The van der Waals surface area contributed by atoms with Gasteiger partial charge in [0.25, 0.3) is 0 Å². The van der Waals surface area contributed by atoms with E-state index in [1.54, 1.807) is 12.4 Å². The molecule has 3 heterocycles. The fraction of sp³-hybridized carbons (Fsp3) is 0.312. The molecule has 1 fully saturated rings. The van der Waals surface area contributed by atoms with Crippen molar-refractivity contribution in [3.63, 3.8) is 0 Å². The zero-order valence-corrected chi connectivity index (χ0v) is 16.1. The number of hydrogen-bond acceptors (Lipinski definition) is 7. The Morgan fingerprint density at radius 2 is 2.12 bits per heavy atom. The Balaban J connectivity index is 1.62. The highest BCUT2D eigenvalue weighted by Gasteiger charge is 2.38. The first-order valence-electron chi connectivity index (χ1n) is 7.80. The van der Waals surface area contributed by atoms with Gasteiger partial charge in [-0.15, -0.1) is 22.0 Å². The quantitative estimate of drug-likeness (QED) is 0.502. The fourth-order valence-electron chi connectivity index (χ4n) is 2.81. The van der Waals surface area contributed by atoms with E-state index >= 15 is 0 Å². The largest absolute Gasteiger partial charge is 0.390 e. The SMILES string of the molecule is O[C@@H]1[C@H](O)CS[C@H]1c1nnc2c(NCc3ccccc3I)nccn12. The van der Waals surface area contributed by atoms with Gasteiger partial charge in [-0.2, -0.15) is 0 Å². The van der Waals surface area contributed by atoms with Crippen molar-refractivity contribution in [1.29, 1.82) is 0 Å². The normalized spacial score (nSPS) is 23.2. The summed E-state index contributed by atoms with van der Waals surface area (Å²) in [6.45, 7) is 0.632. The van der Waals surface area contributed by atoms with Gasteiger partial charge in [0.05, 0.1) is 17.5 Å². The molecule has 0 bridgehead atoms. The van der Waals surface area contributed by atoms with Gasteiger partial charge in [0.1, 0.15) is 0 Å². The lowest BCUT2D eigenvalue weighted by Gasteiger charge is -2.14. The molecule has 0 saturated carbocycles. The van der Waals surface area contributed by atoms with Crippen molar-refractivity contribution < 1.29 is 10.2 Å². The summed E-state index contributed by atoms with van der Waals surface area (Å²) in [7, 11) is 0. The molecular weight excluding hydrogens is 453 g/mol. The highest BCUT2D eigenvalue weighted by molar-refractivity contribution is 14.1. The van der Waals surface area contributed by atoms with E-state index in [-0.39, 0.29) is 5.25 Å². The molecule has 130 valence electrons. The maximum atomic E-state index is 10.2. The second-order valence-corrected chi connectivity index (χ2v) is 8.12. The van der Waals surface area contributed by atoms with E-state index in [0.717, 1.165) is 0 Å². The number of rotatable bonds is 4. The van der Waals surface area contributed by atoms with Crippen LogP contribution in [-0.2, 0) is 6.54 Å². The Hall–Kier alpha value is -1.43. The number of aliphatic hydroxyl groups excluding tert-OH is 2. The van der Waals surface area contributed by atoms with Crippen LogP contribution < -0.4 is 5.32 Å². The average molecular weight is 469 g/mol. The smallest absolute Gasteiger partial charge is 0.203 e. The zero-order valence-electron chi connectivity index (χ0n) is 13.1. The van der Waals surface area contributed by atoms with E-state index in [1.165, 1.54) is 20.9 Å². The summed E-state index contributed by atoms with van der Waals surface area (Å²) in [5, 5.41) is 31.4. The summed E-state index contributed by atoms with van der Waals surface area (Å²) in [6, 6.07) is 8.14. The number of anilines is 1. The average Bonchev–Trinajstić information content (AvgIpc) is 3.18. The van der Waals surface area contributed by atoms with Crippen LogP contribution >= 0.6 is 34.4 Å². The Morgan fingerprint density at radius 1 is 1.28 bits per heavy atom. The Morgan fingerprint density at radius 3 is 2.88 bits per heavy atom. The number of aliphatic hydroxyl groups is 2. The molecule has 9 heteroatoms. The standard InChI is InChI=1S/C16H16IN5O2S/c17-10-4-2-1-3-9(10)7-19-14-16-21-20-15(22(16)6-5-18-14)13-12(24)11(23)8-25-13/h1-6,11-13,23-24H,7-8H2,(H,18,19)/t11-,12-,13-/m1/s1. The number of hydrogen-bond donors (Lipinski definition) is 3. The molecule has 4 rings (SSSR count). The zero-order chi connectivity index (χ0) is 17.4. The van der Waals surface area contributed by atoms with Crippen molar-refractivity contribution in [3.8, 4) is 0 Å². The predicted octanol–water partition coefficient (Wildman–Crippen LogP) is 1.85. The van der Waals surface area contributed by atoms with E-state index in [1.807, 2.05) is 16.5 Å². The van der Waals surface area contributed by atoms with Crippen LogP contribution in [0.3, 0.4) is 0 Å². The van der Waals surface area contributed by atoms with E-state index in [4.69, 9.17) is 0 Å². The number of halogens is 1. The molecule has 1 saturated heterocycles. The summed E-state index contributed by atoms with van der Waals surface area (Å²) in [5.41, 5.74) is 1.79. The van der Waals surface area contributed by atoms with Gasteiger partial charge in [-0.05, 0) is 34.2 Å². The minimum Gasteiger partial charge on any atom is -0.390 e. The lowest BCUT2D eigenvalue weighted by atomic mass is 10.1. The van der Waals surface area contributed by atoms with Gasteiger partial charge in [0.2, 0.25) is 5.65 Å². The molecule has 7 nitrogen and oxygen atoms in total.